The Kier molecular flexibility index (Phi) is 3.88. The molecule has 17 heavy (non-hydrogen) atoms. The number of amides is 2. The molecule has 0 aromatic carbocycles. The van der Waals surface area contributed by atoms with Crippen LogP contribution in [-0.4, -0.2) is 28.6 Å². The lowest BCUT2D eigenvalue weighted by Gasteiger charge is -2.16. The lowest BCUT2D eigenvalue weighted by atomic mass is 9.96. The predicted molar refractivity (Wildman–Crippen MR) is 64.4 cm³/mol. The smallest absolute Gasteiger partial charge is 0.241 e. The van der Waals surface area contributed by atoms with Crippen LogP contribution >= 0.6 is 0 Å². The molecule has 0 aliphatic heterocycles. The second-order valence-corrected chi connectivity index (χ2v) is 4.80. The van der Waals surface area contributed by atoms with E-state index in [1.54, 1.807) is 13.2 Å². The summed E-state index contributed by atoms with van der Waals surface area (Å²) in [7, 11) is 1.56. The van der Waals surface area contributed by atoms with Crippen molar-refractivity contribution < 1.29 is 9.59 Å². The summed E-state index contributed by atoms with van der Waals surface area (Å²) in [5, 5.41) is 9.22. The fraction of sp³-hybridized carbons (Fsp3) is 0.545. The monoisotopic (exact) mass is 238 g/mol. The van der Waals surface area contributed by atoms with Gasteiger partial charge in [0.15, 0.2) is 0 Å². The highest BCUT2D eigenvalue weighted by Crippen LogP contribution is 2.16. The Hall–Kier alpha value is -1.85. The molecule has 2 amide bonds. The Morgan fingerprint density at radius 2 is 2.06 bits per heavy atom. The van der Waals surface area contributed by atoms with Crippen molar-refractivity contribution in [2.45, 2.75) is 27.3 Å². The molecule has 1 aromatic rings. The molecule has 0 fully saturated rings. The normalized spacial score (nSPS) is 11.1. The Labute approximate surface area is 100 Å². The van der Waals surface area contributed by atoms with Crippen LogP contribution in [0.3, 0.4) is 0 Å². The Bertz CT molecular complexity index is 417. The van der Waals surface area contributed by atoms with Crippen molar-refractivity contribution in [1.29, 1.82) is 0 Å². The molecule has 1 heterocycles. The number of nitrogens with one attached hydrogen (secondary N) is 2. The van der Waals surface area contributed by atoms with Crippen LogP contribution in [0, 0.1) is 5.41 Å². The Morgan fingerprint density at radius 1 is 1.41 bits per heavy atom. The van der Waals surface area contributed by atoms with Crippen molar-refractivity contribution in [3.63, 3.8) is 0 Å². The topological polar surface area (TPSA) is 76.0 Å². The van der Waals surface area contributed by atoms with Crippen LogP contribution in [0.4, 0.5) is 5.69 Å². The van der Waals surface area contributed by atoms with E-state index in [9.17, 15) is 9.59 Å². The van der Waals surface area contributed by atoms with Gasteiger partial charge in [-0.05, 0) is 0 Å². The maximum Gasteiger partial charge on any atom is 0.241 e. The Balaban J connectivity index is 2.63. The van der Waals surface area contributed by atoms with Crippen LogP contribution in [-0.2, 0) is 16.1 Å². The molecule has 0 aliphatic rings. The number of likely N-dealkylation sites (N-methyl/N-ethyl adjacent to an activating group) is 1. The number of anilines is 1. The van der Waals surface area contributed by atoms with Gasteiger partial charge in [0.2, 0.25) is 11.8 Å². The lowest BCUT2D eigenvalue weighted by molar-refractivity contribution is -0.123. The van der Waals surface area contributed by atoms with Gasteiger partial charge in [-0.1, -0.05) is 20.8 Å². The molecule has 0 bridgehead atoms. The van der Waals surface area contributed by atoms with Crippen molar-refractivity contribution in [2.24, 2.45) is 5.41 Å². The van der Waals surface area contributed by atoms with E-state index in [4.69, 9.17) is 0 Å². The van der Waals surface area contributed by atoms with Crippen molar-refractivity contribution >= 4 is 17.5 Å². The van der Waals surface area contributed by atoms with Crippen LogP contribution < -0.4 is 10.6 Å². The van der Waals surface area contributed by atoms with Gasteiger partial charge in [0.05, 0.1) is 11.9 Å². The standard InChI is InChI=1S/C11H18N4O2/c1-11(2,3)10(17)14-8-5-13-15(6-8)7-9(16)12-4/h5-6H,7H2,1-4H3,(H,12,16)(H,14,17). The fourth-order valence-corrected chi connectivity index (χ4v) is 1.06. The summed E-state index contributed by atoms with van der Waals surface area (Å²) in [6.07, 6.45) is 3.14. The number of rotatable bonds is 3. The van der Waals surface area contributed by atoms with E-state index in [0.29, 0.717) is 5.69 Å². The quantitative estimate of drug-likeness (QED) is 0.810. The molecule has 1 aromatic heterocycles. The fourth-order valence-electron chi connectivity index (χ4n) is 1.06. The highest BCUT2D eigenvalue weighted by molar-refractivity contribution is 5.94. The van der Waals surface area contributed by atoms with Crippen molar-refractivity contribution in [1.82, 2.24) is 15.1 Å². The number of nitrogens with zero attached hydrogens (tertiary/aromatic N) is 2. The van der Waals surface area contributed by atoms with Crippen molar-refractivity contribution in [3.05, 3.63) is 12.4 Å². The van der Waals surface area contributed by atoms with Gasteiger partial charge in [0.1, 0.15) is 6.54 Å². The maximum absolute atomic E-state index is 11.7. The molecule has 0 aliphatic carbocycles. The molecule has 0 radical (unpaired) electrons. The first kappa shape index (κ1) is 13.2. The summed E-state index contributed by atoms with van der Waals surface area (Å²) in [6.45, 7) is 5.63. The summed E-state index contributed by atoms with van der Waals surface area (Å²) >= 11 is 0. The number of aromatic nitrogens is 2. The molecular formula is C11H18N4O2. The van der Waals surface area contributed by atoms with E-state index in [1.807, 2.05) is 20.8 Å². The first-order chi connectivity index (χ1) is 7.82. The van der Waals surface area contributed by atoms with E-state index < -0.39 is 5.41 Å². The van der Waals surface area contributed by atoms with Gasteiger partial charge in [-0.2, -0.15) is 5.10 Å². The molecule has 0 unspecified atom stereocenters. The molecule has 6 nitrogen and oxygen atoms in total. The van der Waals surface area contributed by atoms with Crippen LogP contribution in [0.15, 0.2) is 12.4 Å². The van der Waals surface area contributed by atoms with E-state index in [0.717, 1.165) is 0 Å². The van der Waals surface area contributed by atoms with Crippen molar-refractivity contribution in [3.8, 4) is 0 Å². The SMILES string of the molecule is CNC(=O)Cn1cc(NC(=O)C(C)(C)C)cn1. The lowest BCUT2D eigenvalue weighted by Crippen LogP contribution is -2.27. The van der Waals surface area contributed by atoms with Gasteiger partial charge >= 0.3 is 0 Å². The molecule has 0 saturated carbocycles. The van der Waals surface area contributed by atoms with Gasteiger partial charge in [-0.3, -0.25) is 14.3 Å². The summed E-state index contributed by atoms with van der Waals surface area (Å²) in [6, 6.07) is 0. The molecule has 0 spiro atoms. The average molecular weight is 238 g/mol. The summed E-state index contributed by atoms with van der Waals surface area (Å²) in [5.74, 6) is -0.223. The number of hydrogen-bond acceptors (Lipinski definition) is 3. The summed E-state index contributed by atoms with van der Waals surface area (Å²) in [4.78, 5) is 22.8. The minimum Gasteiger partial charge on any atom is -0.358 e. The molecule has 2 N–H and O–H groups in total. The van der Waals surface area contributed by atoms with Crippen LogP contribution in [0.25, 0.3) is 0 Å². The molecule has 0 atom stereocenters. The van der Waals surface area contributed by atoms with Crippen LogP contribution in [0.2, 0.25) is 0 Å². The Morgan fingerprint density at radius 3 is 2.59 bits per heavy atom. The highest BCUT2D eigenvalue weighted by atomic mass is 16.2. The molecule has 6 heteroatoms. The minimum atomic E-state index is -0.455. The van der Waals surface area contributed by atoms with E-state index in [1.165, 1.54) is 10.9 Å². The zero-order valence-electron chi connectivity index (χ0n) is 10.6. The number of carbonyl (C=O) groups is 2. The van der Waals surface area contributed by atoms with Gasteiger partial charge in [-0.25, -0.2) is 0 Å². The van der Waals surface area contributed by atoms with Gasteiger partial charge in [0, 0.05) is 18.7 Å². The van der Waals surface area contributed by atoms with Crippen LogP contribution in [0.1, 0.15) is 20.8 Å². The first-order valence-corrected chi connectivity index (χ1v) is 5.37. The van der Waals surface area contributed by atoms with Gasteiger partial charge in [-0.15, -0.1) is 0 Å². The molecule has 1 rings (SSSR count). The third-order valence-corrected chi connectivity index (χ3v) is 2.16. The van der Waals surface area contributed by atoms with E-state index in [2.05, 4.69) is 15.7 Å². The van der Waals surface area contributed by atoms with E-state index in [-0.39, 0.29) is 18.4 Å². The summed E-state index contributed by atoms with van der Waals surface area (Å²) in [5.41, 5.74) is 0.136. The number of hydrogen-bond donors (Lipinski definition) is 2. The first-order valence-electron chi connectivity index (χ1n) is 5.37. The summed E-state index contributed by atoms with van der Waals surface area (Å²) < 4.78 is 1.47. The minimum absolute atomic E-state index is 0.0861. The second-order valence-electron chi connectivity index (χ2n) is 4.80. The van der Waals surface area contributed by atoms with Crippen molar-refractivity contribution in [2.75, 3.05) is 12.4 Å². The number of carbonyl (C=O) groups excluding carboxylic acids is 2. The van der Waals surface area contributed by atoms with Gasteiger partial charge in [0.25, 0.3) is 0 Å². The zero-order valence-corrected chi connectivity index (χ0v) is 10.6. The third kappa shape index (κ3) is 3.90. The van der Waals surface area contributed by atoms with E-state index >= 15 is 0 Å². The highest BCUT2D eigenvalue weighted by Gasteiger charge is 2.21. The zero-order chi connectivity index (χ0) is 13.1. The van der Waals surface area contributed by atoms with Gasteiger partial charge < -0.3 is 10.6 Å². The second kappa shape index (κ2) is 4.99. The maximum atomic E-state index is 11.7. The average Bonchev–Trinajstić information content (AvgIpc) is 2.64. The third-order valence-electron chi connectivity index (χ3n) is 2.16. The molecule has 0 saturated heterocycles. The molecule has 94 valence electrons. The predicted octanol–water partition coefficient (Wildman–Crippen LogP) is 0.614. The molecular weight excluding hydrogens is 220 g/mol. The largest absolute Gasteiger partial charge is 0.358 e. The van der Waals surface area contributed by atoms with Crippen LogP contribution in [0.5, 0.6) is 0 Å².